The van der Waals surface area contributed by atoms with E-state index in [2.05, 4.69) is 10.5 Å². The number of rotatable bonds is 8. The van der Waals surface area contributed by atoms with Gasteiger partial charge in [-0.1, -0.05) is 35.0 Å². The lowest BCUT2D eigenvalue weighted by Crippen LogP contribution is -2.16. The number of ether oxygens (including phenoxy) is 1. The van der Waals surface area contributed by atoms with Gasteiger partial charge >= 0.3 is 0 Å². The van der Waals surface area contributed by atoms with Gasteiger partial charge in [0.1, 0.15) is 18.2 Å². The van der Waals surface area contributed by atoms with Crippen molar-refractivity contribution in [2.75, 3.05) is 11.9 Å². The summed E-state index contributed by atoms with van der Waals surface area (Å²) in [5.74, 6) is 0.132. The van der Waals surface area contributed by atoms with E-state index in [1.165, 1.54) is 18.3 Å². The van der Waals surface area contributed by atoms with Crippen molar-refractivity contribution in [1.82, 2.24) is 0 Å². The molecule has 0 aliphatic rings. The van der Waals surface area contributed by atoms with Crippen LogP contribution in [0.1, 0.15) is 16.7 Å². The largest absolute Gasteiger partial charge is 0.489 e. The molecule has 3 rings (SSSR count). The van der Waals surface area contributed by atoms with Gasteiger partial charge in [-0.05, 0) is 66.6 Å². The molecule has 148 valence electrons. The van der Waals surface area contributed by atoms with Gasteiger partial charge in [-0.3, -0.25) is 4.79 Å². The topological polar surface area (TPSA) is 59.9 Å². The highest BCUT2D eigenvalue weighted by atomic mass is 19.1. The molecule has 1 amide bonds. The van der Waals surface area contributed by atoms with E-state index in [9.17, 15) is 9.18 Å². The summed E-state index contributed by atoms with van der Waals surface area (Å²) in [6.45, 7) is 2.16. The van der Waals surface area contributed by atoms with Crippen LogP contribution in [0.2, 0.25) is 0 Å². The number of halogens is 1. The molecule has 6 heteroatoms. The second-order valence-corrected chi connectivity index (χ2v) is 6.41. The van der Waals surface area contributed by atoms with Crippen LogP contribution in [-0.4, -0.2) is 18.7 Å². The molecule has 0 aromatic heterocycles. The van der Waals surface area contributed by atoms with Crippen molar-refractivity contribution < 1.29 is 18.8 Å². The lowest BCUT2D eigenvalue weighted by Gasteiger charge is -2.06. The summed E-state index contributed by atoms with van der Waals surface area (Å²) in [6, 6.07) is 20.9. The van der Waals surface area contributed by atoms with E-state index in [0.29, 0.717) is 18.0 Å². The maximum atomic E-state index is 12.9. The molecule has 3 aromatic rings. The molecule has 0 saturated carbocycles. The summed E-state index contributed by atoms with van der Waals surface area (Å²) in [5.41, 5.74) is 3.52. The van der Waals surface area contributed by atoms with Crippen LogP contribution in [0.3, 0.4) is 0 Å². The van der Waals surface area contributed by atoms with E-state index in [-0.39, 0.29) is 18.3 Å². The normalized spacial score (nSPS) is 10.7. The van der Waals surface area contributed by atoms with Crippen LogP contribution in [0.5, 0.6) is 5.75 Å². The molecule has 0 radical (unpaired) electrons. The molecule has 0 bridgehead atoms. The van der Waals surface area contributed by atoms with Gasteiger partial charge in [-0.25, -0.2) is 4.39 Å². The summed E-state index contributed by atoms with van der Waals surface area (Å²) in [6.07, 6.45) is 1.52. The summed E-state index contributed by atoms with van der Waals surface area (Å²) >= 11 is 0. The number of benzene rings is 3. The molecule has 0 atom stereocenters. The zero-order valence-electron chi connectivity index (χ0n) is 16.0. The van der Waals surface area contributed by atoms with Crippen molar-refractivity contribution in [1.29, 1.82) is 0 Å². The molecule has 0 fully saturated rings. The smallest absolute Gasteiger partial charge is 0.265 e. The average molecular weight is 392 g/mol. The van der Waals surface area contributed by atoms with Crippen LogP contribution < -0.4 is 10.1 Å². The van der Waals surface area contributed by atoms with Gasteiger partial charge in [0.25, 0.3) is 5.91 Å². The van der Waals surface area contributed by atoms with E-state index in [1.807, 2.05) is 43.3 Å². The number of hydrogen-bond donors (Lipinski definition) is 1. The number of hydrogen-bond acceptors (Lipinski definition) is 4. The second-order valence-electron chi connectivity index (χ2n) is 6.41. The fourth-order valence-electron chi connectivity index (χ4n) is 2.43. The zero-order valence-corrected chi connectivity index (χ0v) is 16.0. The molecule has 0 heterocycles. The zero-order chi connectivity index (χ0) is 20.5. The molecule has 29 heavy (non-hydrogen) atoms. The van der Waals surface area contributed by atoms with Crippen LogP contribution in [0, 0.1) is 12.7 Å². The molecule has 1 N–H and O–H groups in total. The first-order valence-electron chi connectivity index (χ1n) is 9.08. The maximum absolute atomic E-state index is 12.9. The minimum Gasteiger partial charge on any atom is -0.489 e. The quantitative estimate of drug-likeness (QED) is 0.446. The molecule has 0 spiro atoms. The Labute approximate surface area is 168 Å². The minimum absolute atomic E-state index is 0.177. The van der Waals surface area contributed by atoms with Crippen molar-refractivity contribution in [3.63, 3.8) is 0 Å². The van der Waals surface area contributed by atoms with Crippen molar-refractivity contribution in [2.24, 2.45) is 5.16 Å². The summed E-state index contributed by atoms with van der Waals surface area (Å²) in [5, 5.41) is 6.54. The van der Waals surface area contributed by atoms with Gasteiger partial charge in [0.15, 0.2) is 6.61 Å². The summed E-state index contributed by atoms with van der Waals surface area (Å²) in [7, 11) is 0. The van der Waals surface area contributed by atoms with Gasteiger partial charge < -0.3 is 14.9 Å². The molecular weight excluding hydrogens is 371 g/mol. The molecule has 0 aliphatic heterocycles. The highest BCUT2D eigenvalue weighted by Gasteiger charge is 2.02. The molecule has 0 saturated heterocycles. The number of nitrogens with zero attached hydrogens (tertiary/aromatic N) is 1. The fourth-order valence-corrected chi connectivity index (χ4v) is 2.43. The lowest BCUT2D eigenvalue weighted by atomic mass is 10.2. The Bertz CT molecular complexity index is 953. The van der Waals surface area contributed by atoms with Gasteiger partial charge in [0.05, 0.1) is 6.21 Å². The molecule has 0 aliphatic carbocycles. The Balaban J connectivity index is 1.40. The standard InChI is InChI=1S/C23H21FN2O3/c1-17-2-10-21(11-3-17)26-23(27)16-29-25-14-18-6-12-22(13-7-18)28-15-19-4-8-20(24)9-5-19/h2-14H,15-16H2,1H3,(H,26,27)/b25-14+. The monoisotopic (exact) mass is 392 g/mol. The number of carbonyl (C=O) groups is 1. The third-order valence-corrected chi connectivity index (χ3v) is 4.01. The van der Waals surface area contributed by atoms with E-state index < -0.39 is 0 Å². The Morgan fingerprint density at radius 1 is 1.00 bits per heavy atom. The third kappa shape index (κ3) is 6.77. The minimum atomic E-state index is -0.282. The number of anilines is 1. The predicted octanol–water partition coefficient (Wildman–Crippen LogP) is 4.70. The number of oxime groups is 1. The molecule has 0 unspecified atom stereocenters. The first-order valence-corrected chi connectivity index (χ1v) is 9.08. The first-order chi connectivity index (χ1) is 14.1. The predicted molar refractivity (Wildman–Crippen MR) is 111 cm³/mol. The number of carbonyl (C=O) groups excluding carboxylic acids is 1. The second kappa shape index (κ2) is 10.0. The van der Waals surface area contributed by atoms with Crippen LogP contribution in [-0.2, 0) is 16.2 Å². The lowest BCUT2D eigenvalue weighted by molar-refractivity contribution is -0.120. The van der Waals surface area contributed by atoms with E-state index >= 15 is 0 Å². The van der Waals surface area contributed by atoms with E-state index in [1.54, 1.807) is 24.3 Å². The van der Waals surface area contributed by atoms with Gasteiger partial charge in [0, 0.05) is 5.69 Å². The van der Waals surface area contributed by atoms with E-state index in [0.717, 1.165) is 16.7 Å². The summed E-state index contributed by atoms with van der Waals surface area (Å²) in [4.78, 5) is 16.8. The Morgan fingerprint density at radius 2 is 1.69 bits per heavy atom. The number of amides is 1. The molecular formula is C23H21FN2O3. The van der Waals surface area contributed by atoms with Crippen LogP contribution >= 0.6 is 0 Å². The highest BCUT2D eigenvalue weighted by molar-refractivity contribution is 5.91. The van der Waals surface area contributed by atoms with Crippen molar-refractivity contribution in [3.8, 4) is 5.75 Å². The number of aryl methyl sites for hydroxylation is 1. The Morgan fingerprint density at radius 3 is 2.38 bits per heavy atom. The third-order valence-electron chi connectivity index (χ3n) is 4.01. The van der Waals surface area contributed by atoms with E-state index in [4.69, 9.17) is 9.57 Å². The Kier molecular flexibility index (Phi) is 6.95. The molecule has 5 nitrogen and oxygen atoms in total. The first kappa shape index (κ1) is 20.1. The van der Waals surface area contributed by atoms with Crippen molar-refractivity contribution >= 4 is 17.8 Å². The van der Waals surface area contributed by atoms with Crippen LogP contribution in [0.15, 0.2) is 78.0 Å². The molecule has 3 aromatic carbocycles. The van der Waals surface area contributed by atoms with Gasteiger partial charge in [-0.15, -0.1) is 0 Å². The average Bonchev–Trinajstić information content (AvgIpc) is 2.73. The van der Waals surface area contributed by atoms with Gasteiger partial charge in [-0.2, -0.15) is 0 Å². The SMILES string of the molecule is Cc1ccc(NC(=O)CO/N=C/c2ccc(OCc3ccc(F)cc3)cc2)cc1. The van der Waals surface area contributed by atoms with Crippen molar-refractivity contribution in [2.45, 2.75) is 13.5 Å². The van der Waals surface area contributed by atoms with Crippen LogP contribution in [0.4, 0.5) is 10.1 Å². The summed E-state index contributed by atoms with van der Waals surface area (Å²) < 4.78 is 18.5. The van der Waals surface area contributed by atoms with Crippen LogP contribution in [0.25, 0.3) is 0 Å². The fraction of sp³-hybridized carbons (Fsp3) is 0.130. The highest BCUT2D eigenvalue weighted by Crippen LogP contribution is 2.14. The van der Waals surface area contributed by atoms with Gasteiger partial charge in [0.2, 0.25) is 0 Å². The van der Waals surface area contributed by atoms with Crippen molar-refractivity contribution in [3.05, 3.63) is 95.3 Å². The Hall–Kier alpha value is -3.67. The maximum Gasteiger partial charge on any atom is 0.265 e. The number of nitrogens with one attached hydrogen (secondary N) is 1.